The van der Waals surface area contributed by atoms with Gasteiger partial charge < -0.3 is 9.47 Å². The summed E-state index contributed by atoms with van der Waals surface area (Å²) in [5, 5.41) is 0. The normalized spacial score (nSPS) is 55.1. The van der Waals surface area contributed by atoms with Crippen LogP contribution in [-0.4, -0.2) is 24.1 Å². The van der Waals surface area contributed by atoms with E-state index < -0.39 is 6.10 Å². The summed E-state index contributed by atoms with van der Waals surface area (Å²) in [5.74, 6) is 3.63. The first kappa shape index (κ1) is 13.7. The third-order valence-electron chi connectivity index (χ3n) is 7.85. The van der Waals surface area contributed by atoms with Gasteiger partial charge in [0.15, 0.2) is 0 Å². The molecule has 4 bridgehead atoms. The molecule has 126 valence electrons. The fraction of sp³-hybridized carbons (Fsp3) is 0.700. The van der Waals surface area contributed by atoms with Gasteiger partial charge in [-0.05, 0) is 67.3 Å². The van der Waals surface area contributed by atoms with Crippen molar-refractivity contribution in [3.05, 3.63) is 24.3 Å². The molecule has 0 spiro atoms. The zero-order valence-electron chi connectivity index (χ0n) is 13.5. The van der Waals surface area contributed by atoms with Crippen molar-refractivity contribution in [3.63, 3.8) is 0 Å². The van der Waals surface area contributed by atoms with E-state index in [2.05, 4.69) is 12.2 Å². The molecule has 0 radical (unpaired) electrons. The Bertz CT molecular complexity index is 679. The van der Waals surface area contributed by atoms with Gasteiger partial charge in [-0.25, -0.2) is 4.79 Å². The van der Waals surface area contributed by atoms with E-state index >= 15 is 0 Å². The van der Waals surface area contributed by atoms with Crippen molar-refractivity contribution in [1.29, 1.82) is 0 Å². The van der Waals surface area contributed by atoms with Crippen molar-refractivity contribution < 1.29 is 19.1 Å². The highest BCUT2D eigenvalue weighted by Gasteiger charge is 2.63. The number of ether oxygens (including phenoxy) is 2. The van der Waals surface area contributed by atoms with E-state index in [1.165, 1.54) is 12.8 Å². The second kappa shape index (κ2) is 4.53. The van der Waals surface area contributed by atoms with Crippen LogP contribution in [0.1, 0.15) is 25.7 Å². The summed E-state index contributed by atoms with van der Waals surface area (Å²) in [4.78, 5) is 24.9. The fourth-order valence-electron chi connectivity index (χ4n) is 7.08. The SMILES string of the molecule is O=C(OC1C(=O)OC2C=CCC21)C1CC2CC1C1C3C=CC(C3)C21. The van der Waals surface area contributed by atoms with Crippen LogP contribution in [0.5, 0.6) is 0 Å². The molecule has 6 aliphatic rings. The van der Waals surface area contributed by atoms with Gasteiger partial charge in [0, 0.05) is 0 Å². The maximum Gasteiger partial charge on any atom is 0.348 e. The molecular weight excluding hydrogens is 304 g/mol. The van der Waals surface area contributed by atoms with Crippen LogP contribution < -0.4 is 0 Å². The van der Waals surface area contributed by atoms with Gasteiger partial charge in [-0.3, -0.25) is 4.79 Å². The van der Waals surface area contributed by atoms with E-state index in [4.69, 9.17) is 9.47 Å². The highest BCUT2D eigenvalue weighted by atomic mass is 16.6. The first-order valence-corrected chi connectivity index (χ1v) is 9.46. The van der Waals surface area contributed by atoms with Gasteiger partial charge in [0.2, 0.25) is 6.10 Å². The molecule has 4 heteroatoms. The van der Waals surface area contributed by atoms with Crippen molar-refractivity contribution >= 4 is 11.9 Å². The van der Waals surface area contributed by atoms with E-state index in [0.717, 1.165) is 24.7 Å². The molecule has 24 heavy (non-hydrogen) atoms. The third-order valence-corrected chi connectivity index (χ3v) is 7.85. The molecule has 0 amide bonds. The minimum absolute atomic E-state index is 0.00165. The van der Waals surface area contributed by atoms with Crippen LogP contribution in [0.4, 0.5) is 0 Å². The number of allylic oxidation sites excluding steroid dienone is 3. The van der Waals surface area contributed by atoms with Crippen LogP contribution in [0.25, 0.3) is 0 Å². The molecule has 10 atom stereocenters. The Kier molecular flexibility index (Phi) is 2.58. The summed E-state index contributed by atoms with van der Waals surface area (Å²) < 4.78 is 11.1. The van der Waals surface area contributed by atoms with Crippen molar-refractivity contribution in [2.24, 2.45) is 47.3 Å². The van der Waals surface area contributed by atoms with Crippen LogP contribution >= 0.6 is 0 Å². The second-order valence-corrected chi connectivity index (χ2v) is 8.69. The molecule has 0 aromatic heterocycles. The molecule has 10 unspecified atom stereocenters. The van der Waals surface area contributed by atoms with Crippen LogP contribution in [0.3, 0.4) is 0 Å². The molecule has 0 N–H and O–H groups in total. The molecule has 6 rings (SSSR count). The lowest BCUT2D eigenvalue weighted by atomic mass is 9.69. The summed E-state index contributed by atoms with van der Waals surface area (Å²) in [6.45, 7) is 0. The van der Waals surface area contributed by atoms with Gasteiger partial charge in [0.1, 0.15) is 6.10 Å². The smallest absolute Gasteiger partial charge is 0.348 e. The quantitative estimate of drug-likeness (QED) is 0.444. The van der Waals surface area contributed by atoms with Crippen LogP contribution in [0, 0.1) is 47.3 Å². The summed E-state index contributed by atoms with van der Waals surface area (Å²) in [5.41, 5.74) is 0. The molecule has 3 saturated carbocycles. The zero-order chi connectivity index (χ0) is 16.0. The number of carbonyl (C=O) groups excluding carboxylic acids is 2. The Labute approximate surface area is 141 Å². The average Bonchev–Trinajstić information content (AvgIpc) is 3.37. The molecule has 5 aliphatic carbocycles. The van der Waals surface area contributed by atoms with E-state index in [9.17, 15) is 9.59 Å². The van der Waals surface area contributed by atoms with Gasteiger partial charge in [-0.1, -0.05) is 18.2 Å². The van der Waals surface area contributed by atoms with Gasteiger partial charge in [0.05, 0.1) is 11.8 Å². The largest absolute Gasteiger partial charge is 0.455 e. The summed E-state index contributed by atoms with van der Waals surface area (Å²) >= 11 is 0. The first-order valence-electron chi connectivity index (χ1n) is 9.46. The number of hydrogen-bond acceptors (Lipinski definition) is 4. The predicted octanol–water partition coefficient (Wildman–Crippen LogP) is 2.49. The molecule has 0 aromatic rings. The van der Waals surface area contributed by atoms with Gasteiger partial charge in [-0.15, -0.1) is 0 Å². The molecular formula is C20H22O4. The Morgan fingerprint density at radius 3 is 2.75 bits per heavy atom. The Morgan fingerprint density at radius 2 is 1.88 bits per heavy atom. The number of fused-ring (bicyclic) bond motifs is 10. The topological polar surface area (TPSA) is 52.6 Å². The van der Waals surface area contributed by atoms with E-state index in [0.29, 0.717) is 23.7 Å². The molecule has 0 aromatic carbocycles. The van der Waals surface area contributed by atoms with Crippen LogP contribution in [0.15, 0.2) is 24.3 Å². The number of hydrogen-bond donors (Lipinski definition) is 0. The standard InChI is InChI=1S/C20H22O4/c21-19(24-18-12-2-1-3-15(12)23-20(18)22)14-8-11-7-13(14)17-10-5-4-9(6-10)16(11)17/h1,3-5,9-18H,2,6-8H2. The molecule has 4 nitrogen and oxygen atoms in total. The molecule has 4 fully saturated rings. The lowest BCUT2D eigenvalue weighted by Crippen LogP contribution is -2.38. The fourth-order valence-corrected chi connectivity index (χ4v) is 7.08. The average molecular weight is 326 g/mol. The lowest BCUT2D eigenvalue weighted by molar-refractivity contribution is -0.167. The van der Waals surface area contributed by atoms with Crippen LogP contribution in [0.2, 0.25) is 0 Å². The molecule has 1 heterocycles. The first-order chi connectivity index (χ1) is 11.7. The zero-order valence-corrected chi connectivity index (χ0v) is 13.5. The minimum atomic E-state index is -0.688. The van der Waals surface area contributed by atoms with E-state index in [-0.39, 0.29) is 29.9 Å². The Hall–Kier alpha value is -1.58. The highest BCUT2D eigenvalue weighted by Crippen LogP contribution is 2.67. The van der Waals surface area contributed by atoms with Gasteiger partial charge in [0.25, 0.3) is 0 Å². The van der Waals surface area contributed by atoms with E-state index in [1.807, 2.05) is 12.2 Å². The predicted molar refractivity (Wildman–Crippen MR) is 84.4 cm³/mol. The summed E-state index contributed by atoms with van der Waals surface area (Å²) in [7, 11) is 0. The monoisotopic (exact) mass is 326 g/mol. The molecule has 1 aliphatic heterocycles. The number of carbonyl (C=O) groups is 2. The lowest BCUT2D eigenvalue weighted by Gasteiger charge is -2.36. The number of esters is 2. The number of rotatable bonds is 2. The maximum absolute atomic E-state index is 12.9. The second-order valence-electron chi connectivity index (χ2n) is 8.69. The minimum Gasteiger partial charge on any atom is -0.455 e. The van der Waals surface area contributed by atoms with Crippen molar-refractivity contribution in [2.75, 3.05) is 0 Å². The Morgan fingerprint density at radius 1 is 1.04 bits per heavy atom. The highest BCUT2D eigenvalue weighted by molar-refractivity contribution is 5.83. The summed E-state index contributed by atoms with van der Waals surface area (Å²) in [6.07, 6.45) is 12.1. The van der Waals surface area contributed by atoms with Crippen molar-refractivity contribution in [1.82, 2.24) is 0 Å². The van der Waals surface area contributed by atoms with Crippen LogP contribution in [-0.2, 0) is 19.1 Å². The van der Waals surface area contributed by atoms with Gasteiger partial charge in [-0.2, -0.15) is 0 Å². The Balaban J connectivity index is 1.20. The van der Waals surface area contributed by atoms with E-state index in [1.54, 1.807) is 0 Å². The van der Waals surface area contributed by atoms with Crippen molar-refractivity contribution in [3.8, 4) is 0 Å². The van der Waals surface area contributed by atoms with Gasteiger partial charge >= 0.3 is 11.9 Å². The summed E-state index contributed by atoms with van der Waals surface area (Å²) in [6, 6.07) is 0. The maximum atomic E-state index is 12.9. The third kappa shape index (κ3) is 1.60. The van der Waals surface area contributed by atoms with Crippen molar-refractivity contribution in [2.45, 2.75) is 37.9 Å². The molecule has 1 saturated heterocycles.